The van der Waals surface area contributed by atoms with Gasteiger partial charge in [-0.15, -0.1) is 0 Å². The number of aromatic nitrogens is 1. The fourth-order valence-electron chi connectivity index (χ4n) is 1.96. The zero-order valence-electron chi connectivity index (χ0n) is 11.2. The van der Waals surface area contributed by atoms with E-state index in [4.69, 9.17) is 0 Å². The Bertz CT molecular complexity index is 631. The minimum atomic E-state index is -0.448. The molecule has 5 heteroatoms. The number of rotatable bonds is 3. The number of hydrogen-bond acceptors (Lipinski definition) is 3. The summed E-state index contributed by atoms with van der Waals surface area (Å²) in [5, 5.41) is 9.65. The van der Waals surface area contributed by atoms with E-state index in [-0.39, 0.29) is 23.0 Å². The molecule has 0 fully saturated rings. The Morgan fingerprint density at radius 3 is 2.70 bits per heavy atom. The SMILES string of the molecule is CC(c1ccccc1F)N(C)C(=O)c1ccncc1O. The molecule has 1 amide bonds. The Balaban J connectivity index is 2.28. The van der Waals surface area contributed by atoms with Crippen LogP contribution in [0.25, 0.3) is 0 Å². The average Bonchev–Trinajstić information content (AvgIpc) is 2.46. The van der Waals surface area contributed by atoms with Crippen molar-refractivity contribution < 1.29 is 14.3 Å². The zero-order valence-corrected chi connectivity index (χ0v) is 11.2. The van der Waals surface area contributed by atoms with Crippen LogP contribution in [-0.4, -0.2) is 27.9 Å². The Labute approximate surface area is 116 Å². The maximum atomic E-state index is 13.7. The van der Waals surface area contributed by atoms with Gasteiger partial charge in [0.05, 0.1) is 17.8 Å². The molecule has 0 aliphatic rings. The number of benzene rings is 1. The Hall–Kier alpha value is -2.43. The highest BCUT2D eigenvalue weighted by Crippen LogP contribution is 2.25. The molecule has 0 saturated carbocycles. The van der Waals surface area contributed by atoms with Crippen LogP contribution in [0.5, 0.6) is 5.75 Å². The minimum absolute atomic E-state index is 0.144. The van der Waals surface area contributed by atoms with E-state index >= 15 is 0 Å². The lowest BCUT2D eigenvalue weighted by Crippen LogP contribution is -2.30. The van der Waals surface area contributed by atoms with E-state index in [1.807, 2.05) is 0 Å². The van der Waals surface area contributed by atoms with Crippen molar-refractivity contribution >= 4 is 5.91 Å². The summed E-state index contributed by atoms with van der Waals surface area (Å²) in [5.41, 5.74) is 0.572. The number of carbonyl (C=O) groups excluding carboxylic acids is 1. The van der Waals surface area contributed by atoms with Gasteiger partial charge in [0, 0.05) is 18.8 Å². The number of pyridine rings is 1. The van der Waals surface area contributed by atoms with Crippen LogP contribution in [0.2, 0.25) is 0 Å². The summed E-state index contributed by atoms with van der Waals surface area (Å²) in [6.45, 7) is 1.73. The fourth-order valence-corrected chi connectivity index (χ4v) is 1.96. The quantitative estimate of drug-likeness (QED) is 0.936. The van der Waals surface area contributed by atoms with E-state index in [1.165, 1.54) is 29.4 Å². The topological polar surface area (TPSA) is 53.4 Å². The predicted molar refractivity (Wildman–Crippen MR) is 72.8 cm³/mol. The number of carbonyl (C=O) groups is 1. The number of aromatic hydroxyl groups is 1. The van der Waals surface area contributed by atoms with E-state index in [1.54, 1.807) is 32.2 Å². The van der Waals surface area contributed by atoms with Crippen molar-refractivity contribution in [2.45, 2.75) is 13.0 Å². The summed E-state index contributed by atoms with van der Waals surface area (Å²) in [6, 6.07) is 7.29. The first kappa shape index (κ1) is 14.0. The van der Waals surface area contributed by atoms with Gasteiger partial charge in [0.15, 0.2) is 0 Å². The molecule has 2 rings (SSSR count). The van der Waals surface area contributed by atoms with Crippen LogP contribution in [0.15, 0.2) is 42.7 Å². The van der Waals surface area contributed by atoms with Crippen LogP contribution < -0.4 is 0 Å². The van der Waals surface area contributed by atoms with Crippen LogP contribution in [0.1, 0.15) is 28.9 Å². The van der Waals surface area contributed by atoms with E-state index < -0.39 is 6.04 Å². The van der Waals surface area contributed by atoms with Gasteiger partial charge in [-0.25, -0.2) is 4.39 Å². The molecule has 1 aromatic heterocycles. The van der Waals surface area contributed by atoms with Crippen molar-refractivity contribution in [2.24, 2.45) is 0 Å². The van der Waals surface area contributed by atoms with E-state index in [0.717, 1.165) is 0 Å². The molecule has 0 bridgehead atoms. The Morgan fingerprint density at radius 2 is 2.05 bits per heavy atom. The highest BCUT2D eigenvalue weighted by Gasteiger charge is 2.22. The maximum Gasteiger partial charge on any atom is 0.257 e. The molecule has 104 valence electrons. The van der Waals surface area contributed by atoms with Gasteiger partial charge in [0.25, 0.3) is 5.91 Å². The number of nitrogens with zero attached hydrogens (tertiary/aromatic N) is 2. The van der Waals surface area contributed by atoms with Gasteiger partial charge in [0.1, 0.15) is 11.6 Å². The van der Waals surface area contributed by atoms with Gasteiger partial charge in [-0.05, 0) is 19.1 Å². The largest absolute Gasteiger partial charge is 0.505 e. The van der Waals surface area contributed by atoms with Crippen LogP contribution in [0.4, 0.5) is 4.39 Å². The normalized spacial score (nSPS) is 11.9. The number of halogens is 1. The number of amides is 1. The molecular weight excluding hydrogens is 259 g/mol. The van der Waals surface area contributed by atoms with E-state index in [0.29, 0.717) is 5.56 Å². The van der Waals surface area contributed by atoms with Gasteiger partial charge in [-0.3, -0.25) is 9.78 Å². The molecule has 0 aliphatic carbocycles. The summed E-state index contributed by atoms with van der Waals surface area (Å²) in [4.78, 5) is 17.4. The second-order valence-electron chi connectivity index (χ2n) is 4.51. The van der Waals surface area contributed by atoms with Crippen molar-refractivity contribution in [1.82, 2.24) is 9.88 Å². The lowest BCUT2D eigenvalue weighted by Gasteiger charge is -2.26. The molecule has 1 N–H and O–H groups in total. The third-order valence-electron chi connectivity index (χ3n) is 3.29. The van der Waals surface area contributed by atoms with E-state index in [9.17, 15) is 14.3 Å². The second kappa shape index (κ2) is 5.69. The van der Waals surface area contributed by atoms with Gasteiger partial charge in [-0.1, -0.05) is 18.2 Å². The molecule has 2 aromatic rings. The van der Waals surface area contributed by atoms with Gasteiger partial charge >= 0.3 is 0 Å². The first-order chi connectivity index (χ1) is 9.52. The molecule has 0 spiro atoms. The molecule has 0 radical (unpaired) electrons. The molecule has 1 heterocycles. The summed E-state index contributed by atoms with van der Waals surface area (Å²) < 4.78 is 13.7. The third kappa shape index (κ3) is 2.61. The summed E-state index contributed by atoms with van der Waals surface area (Å²) in [5.74, 6) is -0.940. The predicted octanol–water partition coefficient (Wildman–Crippen LogP) is 2.76. The summed E-state index contributed by atoms with van der Waals surface area (Å²) in [7, 11) is 1.57. The van der Waals surface area contributed by atoms with Gasteiger partial charge < -0.3 is 10.0 Å². The lowest BCUT2D eigenvalue weighted by atomic mass is 10.1. The molecular formula is C15H15FN2O2. The monoisotopic (exact) mass is 274 g/mol. The molecule has 1 aromatic carbocycles. The standard InChI is InChI=1S/C15H15FN2O2/c1-10(11-5-3-4-6-13(11)16)18(2)15(20)12-7-8-17-9-14(12)19/h3-10,19H,1-2H3. The Morgan fingerprint density at radius 1 is 1.35 bits per heavy atom. The van der Waals surface area contributed by atoms with Crippen LogP contribution in [-0.2, 0) is 0 Å². The molecule has 0 aliphatic heterocycles. The van der Waals surface area contributed by atoms with Crippen LogP contribution >= 0.6 is 0 Å². The van der Waals surface area contributed by atoms with E-state index in [2.05, 4.69) is 4.98 Å². The first-order valence-corrected chi connectivity index (χ1v) is 6.17. The summed E-state index contributed by atoms with van der Waals surface area (Å²) >= 11 is 0. The van der Waals surface area contributed by atoms with Gasteiger partial charge in [-0.2, -0.15) is 0 Å². The van der Waals surface area contributed by atoms with Crippen LogP contribution in [0, 0.1) is 5.82 Å². The lowest BCUT2D eigenvalue weighted by molar-refractivity contribution is 0.0737. The third-order valence-corrected chi connectivity index (χ3v) is 3.29. The fraction of sp³-hybridized carbons (Fsp3) is 0.200. The van der Waals surface area contributed by atoms with Crippen molar-refractivity contribution in [3.05, 3.63) is 59.7 Å². The highest BCUT2D eigenvalue weighted by molar-refractivity contribution is 5.96. The Kier molecular flexibility index (Phi) is 3.98. The second-order valence-corrected chi connectivity index (χ2v) is 4.51. The van der Waals surface area contributed by atoms with Crippen molar-refractivity contribution in [1.29, 1.82) is 0 Å². The molecule has 0 saturated heterocycles. The highest BCUT2D eigenvalue weighted by atomic mass is 19.1. The first-order valence-electron chi connectivity index (χ1n) is 6.17. The number of hydrogen-bond donors (Lipinski definition) is 1. The average molecular weight is 274 g/mol. The zero-order chi connectivity index (χ0) is 14.7. The molecule has 4 nitrogen and oxygen atoms in total. The maximum absolute atomic E-state index is 13.7. The molecule has 1 unspecified atom stereocenters. The van der Waals surface area contributed by atoms with Crippen LogP contribution in [0.3, 0.4) is 0 Å². The van der Waals surface area contributed by atoms with Crippen molar-refractivity contribution in [2.75, 3.05) is 7.05 Å². The van der Waals surface area contributed by atoms with Crippen molar-refractivity contribution in [3.8, 4) is 5.75 Å². The summed E-state index contributed by atoms with van der Waals surface area (Å²) in [6.07, 6.45) is 2.63. The van der Waals surface area contributed by atoms with Crippen molar-refractivity contribution in [3.63, 3.8) is 0 Å². The molecule has 20 heavy (non-hydrogen) atoms. The smallest absolute Gasteiger partial charge is 0.257 e. The van der Waals surface area contributed by atoms with Gasteiger partial charge in [0.2, 0.25) is 0 Å². The molecule has 1 atom stereocenters. The minimum Gasteiger partial charge on any atom is -0.505 e.